The maximum Gasteiger partial charge on any atom is 0.271 e. The molecule has 9 heteroatoms. The number of benzene rings is 2. The average Bonchev–Trinajstić information content (AvgIpc) is 3.16. The van der Waals surface area contributed by atoms with Crippen LogP contribution >= 0.6 is 0 Å². The lowest BCUT2D eigenvalue weighted by Gasteiger charge is -2.23. The highest BCUT2D eigenvalue weighted by Gasteiger charge is 2.35. The Hall–Kier alpha value is -3.88. The van der Waals surface area contributed by atoms with Crippen molar-refractivity contribution in [2.45, 2.75) is 25.5 Å². The van der Waals surface area contributed by atoms with Gasteiger partial charge in [-0.25, -0.2) is 0 Å². The second-order valence-corrected chi connectivity index (χ2v) is 6.76. The quantitative estimate of drug-likeness (QED) is 0.725. The van der Waals surface area contributed by atoms with Crippen LogP contribution in [0.15, 0.2) is 53.6 Å². The number of hydrogen-bond donors (Lipinski definition) is 3. The molecule has 2 aliphatic heterocycles. The van der Waals surface area contributed by atoms with Gasteiger partial charge in [-0.05, 0) is 37.3 Å². The number of rotatable bonds is 4. The number of nitrogens with two attached hydrogens (primary N) is 1. The summed E-state index contributed by atoms with van der Waals surface area (Å²) in [5.41, 5.74) is 7.29. The summed E-state index contributed by atoms with van der Waals surface area (Å²) in [6.45, 7) is 1.65. The summed E-state index contributed by atoms with van der Waals surface area (Å²) >= 11 is 0. The molecule has 0 bridgehead atoms. The van der Waals surface area contributed by atoms with Crippen molar-refractivity contribution in [1.29, 1.82) is 0 Å². The standard InChI is InChI=1S/C20H19N5O4/c1-11-19(27)23-14-9-12(7-8-17(14)29-11)22-20(28)15-10-16(18(21)26)25(24-15)13-5-3-2-4-6-13/h2-9,11,16H,10H2,1H3,(H2,21,26)(H,22,28)(H,23,27). The summed E-state index contributed by atoms with van der Waals surface area (Å²) in [6, 6.07) is 13.2. The summed E-state index contributed by atoms with van der Waals surface area (Å²) in [5.74, 6) is -0.754. The van der Waals surface area contributed by atoms with Gasteiger partial charge in [-0.2, -0.15) is 5.10 Å². The number of amides is 3. The molecule has 0 spiro atoms. The third kappa shape index (κ3) is 3.62. The highest BCUT2D eigenvalue weighted by Crippen LogP contribution is 2.32. The Labute approximate surface area is 166 Å². The number of ether oxygens (including phenoxy) is 1. The van der Waals surface area contributed by atoms with Crippen molar-refractivity contribution in [2.24, 2.45) is 10.8 Å². The lowest BCUT2D eigenvalue weighted by Crippen LogP contribution is -2.39. The molecule has 29 heavy (non-hydrogen) atoms. The smallest absolute Gasteiger partial charge is 0.271 e. The van der Waals surface area contributed by atoms with Crippen molar-refractivity contribution in [2.75, 3.05) is 15.6 Å². The lowest BCUT2D eigenvalue weighted by atomic mass is 10.1. The molecule has 4 rings (SSSR count). The first-order valence-corrected chi connectivity index (χ1v) is 9.06. The number of carbonyl (C=O) groups excluding carboxylic acids is 3. The van der Waals surface area contributed by atoms with E-state index < -0.39 is 24.0 Å². The van der Waals surface area contributed by atoms with Crippen molar-refractivity contribution in [3.63, 3.8) is 0 Å². The van der Waals surface area contributed by atoms with E-state index >= 15 is 0 Å². The molecule has 0 fully saturated rings. The summed E-state index contributed by atoms with van der Waals surface area (Å²) in [6.07, 6.45) is -0.483. The molecule has 4 N–H and O–H groups in total. The van der Waals surface area contributed by atoms with Gasteiger partial charge in [0.15, 0.2) is 6.10 Å². The van der Waals surface area contributed by atoms with E-state index in [2.05, 4.69) is 15.7 Å². The van der Waals surface area contributed by atoms with Crippen LogP contribution in [0.3, 0.4) is 0 Å². The second kappa shape index (κ2) is 7.27. The van der Waals surface area contributed by atoms with Crippen molar-refractivity contribution in [3.8, 4) is 5.75 Å². The first-order chi connectivity index (χ1) is 13.9. The van der Waals surface area contributed by atoms with Gasteiger partial charge in [0.25, 0.3) is 11.8 Å². The molecule has 0 aliphatic carbocycles. The summed E-state index contributed by atoms with van der Waals surface area (Å²) in [4.78, 5) is 36.3. The average molecular weight is 393 g/mol. The van der Waals surface area contributed by atoms with E-state index in [9.17, 15) is 14.4 Å². The van der Waals surface area contributed by atoms with E-state index in [1.165, 1.54) is 5.01 Å². The minimum absolute atomic E-state index is 0.0956. The van der Waals surface area contributed by atoms with Crippen LogP contribution in [0.2, 0.25) is 0 Å². The zero-order chi connectivity index (χ0) is 20.5. The molecule has 2 atom stereocenters. The molecule has 9 nitrogen and oxygen atoms in total. The van der Waals surface area contributed by atoms with Gasteiger partial charge in [0.1, 0.15) is 17.5 Å². The van der Waals surface area contributed by atoms with E-state index in [4.69, 9.17) is 10.5 Å². The molecule has 2 aromatic carbocycles. The Morgan fingerprint density at radius 3 is 2.72 bits per heavy atom. The van der Waals surface area contributed by atoms with Gasteiger partial charge < -0.3 is 21.1 Å². The van der Waals surface area contributed by atoms with Crippen LogP contribution in [0.25, 0.3) is 0 Å². The Kier molecular flexibility index (Phi) is 4.63. The zero-order valence-corrected chi connectivity index (χ0v) is 15.6. The third-order valence-corrected chi connectivity index (χ3v) is 4.69. The maximum atomic E-state index is 12.7. The summed E-state index contributed by atoms with van der Waals surface area (Å²) < 4.78 is 5.50. The van der Waals surface area contributed by atoms with Crippen molar-refractivity contribution in [1.82, 2.24) is 0 Å². The molecule has 0 radical (unpaired) electrons. The van der Waals surface area contributed by atoms with Crippen LogP contribution in [0, 0.1) is 0 Å². The predicted molar refractivity (Wildman–Crippen MR) is 108 cm³/mol. The minimum Gasteiger partial charge on any atom is -0.479 e. The number of hydrogen-bond acceptors (Lipinski definition) is 6. The topological polar surface area (TPSA) is 126 Å². The van der Waals surface area contributed by atoms with Gasteiger partial charge in [0, 0.05) is 12.1 Å². The zero-order valence-electron chi connectivity index (χ0n) is 15.6. The van der Waals surface area contributed by atoms with Gasteiger partial charge in [-0.3, -0.25) is 19.4 Å². The molecular formula is C20H19N5O4. The molecule has 2 unspecified atom stereocenters. The highest BCUT2D eigenvalue weighted by molar-refractivity contribution is 6.44. The van der Waals surface area contributed by atoms with Gasteiger partial charge in [-0.15, -0.1) is 0 Å². The first kappa shape index (κ1) is 18.5. The number of fused-ring (bicyclic) bond motifs is 1. The fraction of sp³-hybridized carbons (Fsp3) is 0.200. The second-order valence-electron chi connectivity index (χ2n) is 6.76. The number of hydrazone groups is 1. The Morgan fingerprint density at radius 1 is 1.24 bits per heavy atom. The van der Waals surface area contributed by atoms with E-state index in [0.717, 1.165) is 0 Å². The van der Waals surface area contributed by atoms with E-state index in [-0.39, 0.29) is 18.0 Å². The number of anilines is 3. The van der Waals surface area contributed by atoms with Crippen molar-refractivity contribution < 1.29 is 19.1 Å². The molecule has 2 aliphatic rings. The van der Waals surface area contributed by atoms with E-state index in [1.54, 1.807) is 37.3 Å². The Bertz CT molecular complexity index is 1020. The van der Waals surface area contributed by atoms with Gasteiger partial charge in [-0.1, -0.05) is 18.2 Å². The molecule has 0 saturated carbocycles. The SMILES string of the molecule is CC1Oc2ccc(NC(=O)C3=NN(c4ccccc4)C(C(N)=O)C3)cc2NC1=O. The summed E-state index contributed by atoms with van der Waals surface area (Å²) in [7, 11) is 0. The lowest BCUT2D eigenvalue weighted by molar-refractivity contribution is -0.122. The van der Waals surface area contributed by atoms with Crippen LogP contribution in [0.4, 0.5) is 17.1 Å². The maximum absolute atomic E-state index is 12.7. The number of primary amides is 1. The van der Waals surface area contributed by atoms with E-state index in [0.29, 0.717) is 22.8 Å². The van der Waals surface area contributed by atoms with Crippen LogP contribution in [0.5, 0.6) is 5.75 Å². The minimum atomic E-state index is -0.740. The van der Waals surface area contributed by atoms with Crippen LogP contribution < -0.4 is 26.1 Å². The molecule has 3 amide bonds. The molecule has 148 valence electrons. The molecule has 0 aromatic heterocycles. The molecule has 2 aromatic rings. The fourth-order valence-electron chi connectivity index (χ4n) is 3.18. The van der Waals surface area contributed by atoms with Crippen molar-refractivity contribution in [3.05, 3.63) is 48.5 Å². The number of nitrogens with one attached hydrogen (secondary N) is 2. The van der Waals surface area contributed by atoms with Crippen LogP contribution in [-0.2, 0) is 14.4 Å². The monoisotopic (exact) mass is 393 g/mol. The number of para-hydroxylation sites is 1. The largest absolute Gasteiger partial charge is 0.479 e. The fourth-order valence-corrected chi connectivity index (χ4v) is 3.18. The number of carbonyl (C=O) groups is 3. The molecule has 0 saturated heterocycles. The van der Waals surface area contributed by atoms with Gasteiger partial charge >= 0.3 is 0 Å². The Morgan fingerprint density at radius 2 is 2.00 bits per heavy atom. The molecule has 2 heterocycles. The Balaban J connectivity index is 1.53. The van der Waals surface area contributed by atoms with Crippen molar-refractivity contribution >= 4 is 40.5 Å². The normalized spacial score (nSPS) is 20.2. The predicted octanol–water partition coefficient (Wildman–Crippen LogP) is 1.46. The van der Waals surface area contributed by atoms with Gasteiger partial charge in [0.2, 0.25) is 5.91 Å². The molecular weight excluding hydrogens is 374 g/mol. The highest BCUT2D eigenvalue weighted by atomic mass is 16.5. The summed E-state index contributed by atoms with van der Waals surface area (Å²) in [5, 5.41) is 11.2. The first-order valence-electron chi connectivity index (χ1n) is 9.06. The third-order valence-electron chi connectivity index (χ3n) is 4.69. The van der Waals surface area contributed by atoms with Gasteiger partial charge in [0.05, 0.1) is 11.4 Å². The van der Waals surface area contributed by atoms with Crippen LogP contribution in [0.1, 0.15) is 13.3 Å². The number of nitrogens with zero attached hydrogens (tertiary/aromatic N) is 2. The van der Waals surface area contributed by atoms with Crippen LogP contribution in [-0.4, -0.2) is 35.6 Å². The van der Waals surface area contributed by atoms with E-state index in [1.807, 2.05) is 18.2 Å².